The number of anilines is 1. The monoisotopic (exact) mass is 427 g/mol. The minimum absolute atomic E-state index is 0.108. The second-order valence-corrected chi connectivity index (χ2v) is 9.80. The Balaban J connectivity index is 1.88. The van der Waals surface area contributed by atoms with Gasteiger partial charge in [-0.25, -0.2) is 8.42 Å². The molecule has 6 heteroatoms. The van der Waals surface area contributed by atoms with E-state index in [1.165, 1.54) is 5.41 Å². The highest BCUT2D eigenvalue weighted by molar-refractivity contribution is 7.94. The molecular formula is C24H29NO4S. The van der Waals surface area contributed by atoms with E-state index in [2.05, 4.69) is 20.8 Å². The molecular weight excluding hydrogens is 398 g/mol. The molecule has 0 N–H and O–H groups in total. The molecule has 0 saturated heterocycles. The Bertz CT molecular complexity index is 993. The Hall–Kier alpha value is -2.60. The zero-order chi connectivity index (χ0) is 21.7. The second kappa shape index (κ2) is 9.47. The molecule has 0 radical (unpaired) electrons. The number of amides is 1. The van der Waals surface area contributed by atoms with Crippen molar-refractivity contribution in [3.8, 4) is 5.75 Å². The van der Waals surface area contributed by atoms with Crippen LogP contribution >= 0.6 is 0 Å². The van der Waals surface area contributed by atoms with Gasteiger partial charge in [0, 0.05) is 16.7 Å². The number of sulfone groups is 1. The Morgan fingerprint density at radius 1 is 1.10 bits per heavy atom. The normalized spacial score (nSPS) is 17.3. The summed E-state index contributed by atoms with van der Waals surface area (Å²) in [5.41, 5.74) is 2.33. The summed E-state index contributed by atoms with van der Waals surface area (Å²) in [7, 11) is -3.30. The minimum Gasteiger partial charge on any atom is -0.494 e. The number of nitrogens with zero attached hydrogens (tertiary/aromatic N) is 1. The number of carbonyl (C=O) groups is 1. The summed E-state index contributed by atoms with van der Waals surface area (Å²) in [5.74, 6) is 0.744. The number of unbranched alkanes of at least 4 members (excludes halogenated alkanes) is 1. The van der Waals surface area contributed by atoms with E-state index in [9.17, 15) is 13.2 Å². The van der Waals surface area contributed by atoms with Crippen LogP contribution in [0.1, 0.15) is 55.5 Å². The van der Waals surface area contributed by atoms with Crippen molar-refractivity contribution < 1.29 is 17.9 Å². The Labute approximate surface area is 179 Å². The third-order valence-electron chi connectivity index (χ3n) is 5.17. The van der Waals surface area contributed by atoms with Crippen molar-refractivity contribution in [2.45, 2.75) is 45.6 Å². The maximum atomic E-state index is 13.4. The quantitative estimate of drug-likeness (QED) is 0.560. The van der Waals surface area contributed by atoms with Crippen molar-refractivity contribution in [1.29, 1.82) is 0 Å². The van der Waals surface area contributed by atoms with E-state index < -0.39 is 15.9 Å². The fourth-order valence-electron chi connectivity index (χ4n) is 3.37. The van der Waals surface area contributed by atoms with Gasteiger partial charge in [-0.1, -0.05) is 39.3 Å². The van der Waals surface area contributed by atoms with Crippen LogP contribution in [0.25, 0.3) is 0 Å². The topological polar surface area (TPSA) is 63.7 Å². The zero-order valence-electron chi connectivity index (χ0n) is 17.7. The lowest BCUT2D eigenvalue weighted by Crippen LogP contribution is -2.41. The van der Waals surface area contributed by atoms with Crippen LogP contribution in [0.15, 0.2) is 60.0 Å². The van der Waals surface area contributed by atoms with Gasteiger partial charge < -0.3 is 9.64 Å². The number of benzene rings is 2. The fourth-order valence-corrected chi connectivity index (χ4v) is 4.63. The van der Waals surface area contributed by atoms with Gasteiger partial charge in [0.2, 0.25) is 0 Å². The molecule has 30 heavy (non-hydrogen) atoms. The molecule has 1 unspecified atom stereocenters. The van der Waals surface area contributed by atoms with Crippen molar-refractivity contribution in [2.75, 3.05) is 17.3 Å². The average Bonchev–Trinajstić information content (AvgIpc) is 3.08. The molecule has 0 aliphatic carbocycles. The molecule has 0 fully saturated rings. The Morgan fingerprint density at radius 3 is 2.30 bits per heavy atom. The van der Waals surface area contributed by atoms with Crippen molar-refractivity contribution >= 4 is 21.4 Å². The predicted molar refractivity (Wildman–Crippen MR) is 121 cm³/mol. The number of hydrogen-bond donors (Lipinski definition) is 0. The summed E-state index contributed by atoms with van der Waals surface area (Å²) >= 11 is 0. The van der Waals surface area contributed by atoms with Crippen LogP contribution in [0.5, 0.6) is 5.75 Å². The molecule has 1 atom stereocenters. The summed E-state index contributed by atoms with van der Waals surface area (Å²) in [5, 5.41) is 1.20. The molecule has 1 aliphatic heterocycles. The van der Waals surface area contributed by atoms with E-state index in [1.807, 2.05) is 24.3 Å². The smallest absolute Gasteiger partial charge is 0.258 e. The Kier molecular flexibility index (Phi) is 6.98. The summed E-state index contributed by atoms with van der Waals surface area (Å²) in [4.78, 5) is 15.0. The van der Waals surface area contributed by atoms with Crippen LogP contribution in [0.3, 0.4) is 0 Å². The van der Waals surface area contributed by atoms with Crippen LogP contribution < -0.4 is 9.64 Å². The maximum Gasteiger partial charge on any atom is 0.258 e. The van der Waals surface area contributed by atoms with Gasteiger partial charge in [0.25, 0.3) is 5.91 Å². The van der Waals surface area contributed by atoms with E-state index in [1.54, 1.807) is 35.2 Å². The van der Waals surface area contributed by atoms with E-state index in [4.69, 9.17) is 4.74 Å². The molecule has 1 aliphatic rings. The first-order chi connectivity index (χ1) is 14.3. The molecule has 0 aromatic heterocycles. The third kappa shape index (κ3) is 5.30. The van der Waals surface area contributed by atoms with E-state index >= 15 is 0 Å². The number of hydrogen-bond acceptors (Lipinski definition) is 4. The molecule has 160 valence electrons. The highest BCUT2D eigenvalue weighted by Crippen LogP contribution is 2.27. The molecule has 5 nitrogen and oxygen atoms in total. The van der Waals surface area contributed by atoms with Crippen molar-refractivity contribution in [3.63, 3.8) is 0 Å². The third-order valence-corrected chi connectivity index (χ3v) is 6.55. The lowest BCUT2D eigenvalue weighted by Gasteiger charge is -2.28. The Morgan fingerprint density at radius 2 is 1.77 bits per heavy atom. The summed E-state index contributed by atoms with van der Waals surface area (Å²) in [6, 6.07) is 14.2. The maximum absolute atomic E-state index is 13.4. The molecule has 2 aromatic rings. The van der Waals surface area contributed by atoms with Crippen molar-refractivity contribution in [3.05, 3.63) is 71.1 Å². The first-order valence-electron chi connectivity index (χ1n) is 10.4. The first-order valence-corrected chi connectivity index (χ1v) is 12.1. The van der Waals surface area contributed by atoms with Gasteiger partial charge in [-0.15, -0.1) is 0 Å². The van der Waals surface area contributed by atoms with Gasteiger partial charge in [0.05, 0.1) is 18.4 Å². The summed E-state index contributed by atoms with van der Waals surface area (Å²) in [6.45, 7) is 6.95. The second-order valence-electron chi connectivity index (χ2n) is 7.87. The van der Waals surface area contributed by atoms with Crippen LogP contribution in [0.4, 0.5) is 5.69 Å². The molecule has 3 rings (SSSR count). The van der Waals surface area contributed by atoms with Gasteiger partial charge >= 0.3 is 0 Å². The van der Waals surface area contributed by atoms with Crippen LogP contribution in [-0.4, -0.2) is 32.7 Å². The van der Waals surface area contributed by atoms with Gasteiger partial charge in [-0.2, -0.15) is 0 Å². The zero-order valence-corrected chi connectivity index (χ0v) is 18.6. The summed E-state index contributed by atoms with van der Waals surface area (Å²) in [6.07, 6.45) is 3.62. The SMILES string of the molecule is CCCCOc1ccc(C(=O)N(c2ccc(C(C)C)cc2)C2C=CS(=O)(=O)C2)cc1. The van der Waals surface area contributed by atoms with Gasteiger partial charge in [-0.05, 0) is 60.4 Å². The van der Waals surface area contributed by atoms with Crippen molar-refractivity contribution in [1.82, 2.24) is 0 Å². The molecule has 1 amide bonds. The molecule has 0 bridgehead atoms. The molecule has 2 aromatic carbocycles. The minimum atomic E-state index is -3.30. The molecule has 0 saturated carbocycles. The van der Waals surface area contributed by atoms with Gasteiger partial charge in [-0.3, -0.25) is 4.79 Å². The van der Waals surface area contributed by atoms with E-state index in [-0.39, 0.29) is 11.7 Å². The van der Waals surface area contributed by atoms with Crippen LogP contribution in [-0.2, 0) is 9.84 Å². The van der Waals surface area contributed by atoms with E-state index in [0.29, 0.717) is 23.8 Å². The van der Waals surface area contributed by atoms with E-state index in [0.717, 1.165) is 24.2 Å². The van der Waals surface area contributed by atoms with Gasteiger partial charge in [0.1, 0.15) is 5.75 Å². The van der Waals surface area contributed by atoms with Gasteiger partial charge in [0.15, 0.2) is 9.84 Å². The lowest BCUT2D eigenvalue weighted by molar-refractivity contribution is 0.0983. The molecule has 1 heterocycles. The average molecular weight is 428 g/mol. The highest BCUT2D eigenvalue weighted by Gasteiger charge is 2.32. The number of rotatable bonds is 8. The molecule has 0 spiro atoms. The predicted octanol–water partition coefficient (Wildman–Crippen LogP) is 4.95. The standard InChI is InChI=1S/C24H29NO4S/c1-4-5-15-29-23-12-8-20(9-13-23)24(26)25(22-14-16-30(27,28)17-22)21-10-6-19(7-11-21)18(2)3/h6-14,16,18,22H,4-5,15,17H2,1-3H3. The number of carbonyl (C=O) groups excluding carboxylic acids is 1. The van der Waals surface area contributed by atoms with Crippen LogP contribution in [0.2, 0.25) is 0 Å². The summed E-state index contributed by atoms with van der Waals surface area (Å²) < 4.78 is 29.7. The lowest BCUT2D eigenvalue weighted by atomic mass is 10.0. The number of ether oxygens (including phenoxy) is 1. The van der Waals surface area contributed by atoms with Crippen molar-refractivity contribution in [2.24, 2.45) is 0 Å². The fraction of sp³-hybridized carbons (Fsp3) is 0.375. The largest absolute Gasteiger partial charge is 0.494 e. The van der Waals surface area contributed by atoms with Crippen LogP contribution in [0, 0.1) is 0 Å². The first kappa shape index (κ1) is 22.1. The highest BCUT2D eigenvalue weighted by atomic mass is 32.2.